The van der Waals surface area contributed by atoms with Crippen molar-refractivity contribution >= 4 is 17.5 Å². The predicted molar refractivity (Wildman–Crippen MR) is 91.0 cm³/mol. The molecule has 0 bridgehead atoms. The van der Waals surface area contributed by atoms with Gasteiger partial charge in [-0.2, -0.15) is 0 Å². The summed E-state index contributed by atoms with van der Waals surface area (Å²) >= 11 is 0. The van der Waals surface area contributed by atoms with E-state index in [2.05, 4.69) is 10.6 Å². The van der Waals surface area contributed by atoms with Crippen LogP contribution in [0.25, 0.3) is 0 Å². The highest BCUT2D eigenvalue weighted by Gasteiger charge is 2.12. The molecule has 0 aliphatic carbocycles. The van der Waals surface area contributed by atoms with Crippen LogP contribution in [0.15, 0.2) is 42.5 Å². The second-order valence-electron chi connectivity index (χ2n) is 5.16. The predicted octanol–water partition coefficient (Wildman–Crippen LogP) is 2.49. The van der Waals surface area contributed by atoms with Gasteiger partial charge in [0.25, 0.3) is 0 Å². The van der Waals surface area contributed by atoms with Crippen molar-refractivity contribution in [2.75, 3.05) is 19.5 Å². The third kappa shape index (κ3) is 5.20. The van der Waals surface area contributed by atoms with E-state index in [0.29, 0.717) is 22.7 Å². The number of carbonyl (C=O) groups is 2. The Morgan fingerprint density at radius 1 is 1.00 bits per heavy atom. The summed E-state index contributed by atoms with van der Waals surface area (Å²) < 4.78 is 23.7. The van der Waals surface area contributed by atoms with Gasteiger partial charge in [-0.05, 0) is 18.2 Å². The standard InChI is InChI=1S/C18H19FN2O4/c1-24-15-8-7-13(9-16(15)25-2)21-18(23)10-17(22)20-11-12-5-3-4-6-14(12)19/h3-9H,10-11H2,1-2H3,(H,20,22)(H,21,23). The van der Waals surface area contributed by atoms with Gasteiger partial charge in [0, 0.05) is 23.9 Å². The summed E-state index contributed by atoms with van der Waals surface area (Å²) in [6.07, 6.45) is -0.372. The summed E-state index contributed by atoms with van der Waals surface area (Å²) in [5, 5.41) is 5.11. The van der Waals surface area contributed by atoms with Gasteiger partial charge in [0.2, 0.25) is 11.8 Å². The van der Waals surface area contributed by atoms with Crippen LogP contribution in [0.5, 0.6) is 11.5 Å². The normalized spacial score (nSPS) is 10.0. The van der Waals surface area contributed by atoms with Crippen molar-refractivity contribution in [1.29, 1.82) is 0 Å². The maximum absolute atomic E-state index is 13.5. The molecule has 0 saturated heterocycles. The molecule has 0 spiro atoms. The Bertz CT molecular complexity index is 764. The summed E-state index contributed by atoms with van der Waals surface area (Å²) in [6.45, 7) is 0.0230. The summed E-state index contributed by atoms with van der Waals surface area (Å²) in [5.41, 5.74) is 0.834. The Kier molecular flexibility index (Phi) is 6.33. The van der Waals surface area contributed by atoms with Crippen molar-refractivity contribution in [3.05, 3.63) is 53.8 Å². The lowest BCUT2D eigenvalue weighted by molar-refractivity contribution is -0.126. The molecule has 2 rings (SSSR count). The highest BCUT2D eigenvalue weighted by atomic mass is 19.1. The summed E-state index contributed by atoms with van der Waals surface area (Å²) in [7, 11) is 3.00. The molecule has 25 heavy (non-hydrogen) atoms. The first-order chi connectivity index (χ1) is 12.0. The molecule has 0 atom stereocenters. The van der Waals surface area contributed by atoms with Gasteiger partial charge < -0.3 is 20.1 Å². The average Bonchev–Trinajstić information content (AvgIpc) is 2.60. The van der Waals surface area contributed by atoms with E-state index in [0.717, 1.165) is 0 Å². The van der Waals surface area contributed by atoms with Crippen LogP contribution in [0.3, 0.4) is 0 Å². The molecule has 2 amide bonds. The van der Waals surface area contributed by atoms with Crippen LogP contribution in [0.2, 0.25) is 0 Å². The molecule has 2 aromatic carbocycles. The van der Waals surface area contributed by atoms with Gasteiger partial charge in [-0.1, -0.05) is 18.2 Å². The Hall–Kier alpha value is -3.09. The zero-order valence-corrected chi connectivity index (χ0v) is 14.0. The number of carbonyl (C=O) groups excluding carboxylic acids is 2. The van der Waals surface area contributed by atoms with Gasteiger partial charge in [-0.15, -0.1) is 0 Å². The number of anilines is 1. The number of hydrogen-bond donors (Lipinski definition) is 2. The van der Waals surface area contributed by atoms with Crippen LogP contribution in [-0.4, -0.2) is 26.0 Å². The molecular formula is C18H19FN2O4. The van der Waals surface area contributed by atoms with Crippen LogP contribution in [0, 0.1) is 5.82 Å². The maximum Gasteiger partial charge on any atom is 0.233 e. The number of methoxy groups -OCH3 is 2. The van der Waals surface area contributed by atoms with Crippen LogP contribution < -0.4 is 20.1 Å². The summed E-state index contributed by atoms with van der Waals surface area (Å²) in [4.78, 5) is 23.7. The quantitative estimate of drug-likeness (QED) is 0.755. The maximum atomic E-state index is 13.5. The first kappa shape index (κ1) is 18.3. The highest BCUT2D eigenvalue weighted by Crippen LogP contribution is 2.29. The number of halogens is 1. The number of ether oxygens (including phenoxy) is 2. The Morgan fingerprint density at radius 3 is 2.40 bits per heavy atom. The molecule has 2 aromatic rings. The van der Waals surface area contributed by atoms with Gasteiger partial charge >= 0.3 is 0 Å². The lowest BCUT2D eigenvalue weighted by Crippen LogP contribution is -2.28. The number of hydrogen-bond acceptors (Lipinski definition) is 4. The lowest BCUT2D eigenvalue weighted by atomic mass is 10.2. The third-order valence-electron chi connectivity index (χ3n) is 3.42. The Labute approximate surface area is 144 Å². The molecule has 0 aliphatic rings. The van der Waals surface area contributed by atoms with E-state index in [1.54, 1.807) is 36.4 Å². The van der Waals surface area contributed by atoms with Crippen molar-refractivity contribution in [2.45, 2.75) is 13.0 Å². The molecule has 0 fully saturated rings. The van der Waals surface area contributed by atoms with E-state index >= 15 is 0 Å². The Balaban J connectivity index is 1.87. The van der Waals surface area contributed by atoms with E-state index in [1.807, 2.05) is 0 Å². The minimum Gasteiger partial charge on any atom is -0.493 e. The molecular weight excluding hydrogens is 327 g/mol. The first-order valence-corrected chi connectivity index (χ1v) is 7.55. The molecule has 0 saturated carbocycles. The zero-order valence-electron chi connectivity index (χ0n) is 14.0. The van der Waals surface area contributed by atoms with Crippen LogP contribution in [-0.2, 0) is 16.1 Å². The van der Waals surface area contributed by atoms with Gasteiger partial charge in [0.1, 0.15) is 12.2 Å². The molecule has 0 aromatic heterocycles. The van der Waals surface area contributed by atoms with Crippen molar-refractivity contribution in [1.82, 2.24) is 5.32 Å². The SMILES string of the molecule is COc1ccc(NC(=O)CC(=O)NCc2ccccc2F)cc1OC. The van der Waals surface area contributed by atoms with E-state index < -0.39 is 17.6 Å². The Morgan fingerprint density at radius 2 is 1.72 bits per heavy atom. The fourth-order valence-corrected chi connectivity index (χ4v) is 2.16. The second kappa shape index (κ2) is 8.68. The van der Waals surface area contributed by atoms with Gasteiger partial charge in [0.15, 0.2) is 11.5 Å². The minimum absolute atomic E-state index is 0.0230. The molecule has 6 nitrogen and oxygen atoms in total. The van der Waals surface area contributed by atoms with E-state index in [9.17, 15) is 14.0 Å². The van der Waals surface area contributed by atoms with Gasteiger partial charge in [-0.3, -0.25) is 9.59 Å². The number of nitrogens with one attached hydrogen (secondary N) is 2. The van der Waals surface area contributed by atoms with Gasteiger partial charge in [0.05, 0.1) is 14.2 Å². The lowest BCUT2D eigenvalue weighted by Gasteiger charge is -2.11. The fourth-order valence-electron chi connectivity index (χ4n) is 2.16. The molecule has 132 valence electrons. The van der Waals surface area contributed by atoms with Crippen molar-refractivity contribution in [2.24, 2.45) is 0 Å². The molecule has 7 heteroatoms. The number of amides is 2. The zero-order chi connectivity index (χ0) is 18.2. The minimum atomic E-state index is -0.499. The molecule has 0 aliphatic heterocycles. The van der Waals surface area contributed by atoms with E-state index in [4.69, 9.17) is 9.47 Å². The fraction of sp³-hybridized carbons (Fsp3) is 0.222. The van der Waals surface area contributed by atoms with Crippen LogP contribution in [0.4, 0.5) is 10.1 Å². The highest BCUT2D eigenvalue weighted by molar-refractivity contribution is 6.03. The number of benzene rings is 2. The van der Waals surface area contributed by atoms with Crippen LogP contribution in [0.1, 0.15) is 12.0 Å². The summed E-state index contributed by atoms with van der Waals surface area (Å²) in [5.74, 6) is -0.399. The second-order valence-corrected chi connectivity index (χ2v) is 5.16. The molecule has 0 heterocycles. The largest absolute Gasteiger partial charge is 0.493 e. The molecule has 0 unspecified atom stereocenters. The molecule has 2 N–H and O–H groups in total. The van der Waals surface area contributed by atoms with Crippen molar-refractivity contribution < 1.29 is 23.5 Å². The van der Waals surface area contributed by atoms with Crippen molar-refractivity contribution in [3.63, 3.8) is 0 Å². The smallest absolute Gasteiger partial charge is 0.233 e. The monoisotopic (exact) mass is 346 g/mol. The summed E-state index contributed by atoms with van der Waals surface area (Å²) in [6, 6.07) is 11.0. The van der Waals surface area contributed by atoms with Crippen LogP contribution >= 0.6 is 0 Å². The number of rotatable bonds is 7. The molecule has 0 radical (unpaired) electrons. The van der Waals surface area contributed by atoms with Crippen molar-refractivity contribution in [3.8, 4) is 11.5 Å². The first-order valence-electron chi connectivity index (χ1n) is 7.55. The topological polar surface area (TPSA) is 76.7 Å². The van der Waals surface area contributed by atoms with E-state index in [-0.39, 0.29) is 13.0 Å². The van der Waals surface area contributed by atoms with E-state index in [1.165, 1.54) is 20.3 Å². The van der Waals surface area contributed by atoms with Gasteiger partial charge in [-0.25, -0.2) is 4.39 Å². The third-order valence-corrected chi connectivity index (χ3v) is 3.42. The average molecular weight is 346 g/mol.